The Morgan fingerprint density at radius 3 is 1.06 bits per heavy atom. The van der Waals surface area contributed by atoms with Gasteiger partial charge in [0.2, 0.25) is 0 Å². The zero-order chi connectivity index (χ0) is 35.7. The van der Waals surface area contributed by atoms with E-state index in [1.807, 2.05) is 72.8 Å². The summed E-state index contributed by atoms with van der Waals surface area (Å²) in [7, 11) is 0. The molecule has 0 heterocycles. The standard InChI is InChI=1S/C25H17BrO.C25H15Br/c26-24-16-8-4-12-20(24)19-11-3-7-15-23(19)25(27)21-13-5-1-9-17(21)18-10-2-6-14-22(18)25;26-23-15-7-14-22-24(23)18-10-3-6-13-21(18)25(22)19-11-4-1-8-16(19)17-9-2-5-12-20(17)25/h1-16,27H;1-15H. The second kappa shape index (κ2) is 12.4. The van der Waals surface area contributed by atoms with Crippen molar-refractivity contribution in [3.63, 3.8) is 0 Å². The monoisotopic (exact) mass is 806 g/mol. The summed E-state index contributed by atoms with van der Waals surface area (Å²) in [4.78, 5) is 0. The molecule has 0 atom stereocenters. The fourth-order valence-corrected chi connectivity index (χ4v) is 10.4. The highest BCUT2D eigenvalue weighted by atomic mass is 79.9. The van der Waals surface area contributed by atoms with Gasteiger partial charge in [0, 0.05) is 31.2 Å². The molecule has 8 aromatic carbocycles. The van der Waals surface area contributed by atoms with Crippen LogP contribution in [0.3, 0.4) is 0 Å². The molecule has 3 aliphatic rings. The summed E-state index contributed by atoms with van der Waals surface area (Å²) in [6.07, 6.45) is 0. The van der Waals surface area contributed by atoms with Crippen molar-refractivity contribution in [3.05, 3.63) is 236 Å². The first-order valence-electron chi connectivity index (χ1n) is 17.9. The molecule has 0 amide bonds. The molecule has 3 aliphatic carbocycles. The smallest absolute Gasteiger partial charge is 0.142 e. The van der Waals surface area contributed by atoms with Crippen molar-refractivity contribution in [3.8, 4) is 44.5 Å². The lowest BCUT2D eigenvalue weighted by molar-refractivity contribution is 0.131. The van der Waals surface area contributed by atoms with Gasteiger partial charge in [0.1, 0.15) is 5.60 Å². The molecule has 1 spiro atoms. The molecule has 0 bridgehead atoms. The molecule has 3 heteroatoms. The van der Waals surface area contributed by atoms with E-state index in [-0.39, 0.29) is 5.41 Å². The van der Waals surface area contributed by atoms with Gasteiger partial charge in [-0.2, -0.15) is 0 Å². The molecule has 252 valence electrons. The molecule has 0 unspecified atom stereocenters. The summed E-state index contributed by atoms with van der Waals surface area (Å²) in [5.41, 5.74) is 16.6. The first kappa shape index (κ1) is 32.3. The molecule has 53 heavy (non-hydrogen) atoms. The average molecular weight is 809 g/mol. The predicted octanol–water partition coefficient (Wildman–Crippen LogP) is 13.2. The largest absolute Gasteiger partial charge is 0.376 e. The van der Waals surface area contributed by atoms with Crippen LogP contribution in [0.2, 0.25) is 0 Å². The van der Waals surface area contributed by atoms with Gasteiger partial charge in [-0.1, -0.05) is 208 Å². The van der Waals surface area contributed by atoms with Gasteiger partial charge in [-0.15, -0.1) is 0 Å². The van der Waals surface area contributed by atoms with Crippen LogP contribution >= 0.6 is 31.9 Å². The lowest BCUT2D eigenvalue weighted by Crippen LogP contribution is -2.27. The summed E-state index contributed by atoms with van der Waals surface area (Å²) in [6, 6.07) is 65.9. The Kier molecular flexibility index (Phi) is 7.56. The van der Waals surface area contributed by atoms with E-state index < -0.39 is 5.60 Å². The second-order valence-electron chi connectivity index (χ2n) is 13.9. The summed E-state index contributed by atoms with van der Waals surface area (Å²) < 4.78 is 2.18. The summed E-state index contributed by atoms with van der Waals surface area (Å²) in [6.45, 7) is 0. The third-order valence-electron chi connectivity index (χ3n) is 11.4. The van der Waals surface area contributed by atoms with Crippen molar-refractivity contribution >= 4 is 31.9 Å². The normalized spacial score (nSPS) is 14.2. The molecule has 11 rings (SSSR count). The highest BCUT2D eigenvalue weighted by Crippen LogP contribution is 2.63. The Labute approximate surface area is 326 Å². The fourth-order valence-electron chi connectivity index (χ4n) is 9.31. The third-order valence-corrected chi connectivity index (χ3v) is 12.7. The van der Waals surface area contributed by atoms with Crippen LogP contribution in [0.15, 0.2) is 197 Å². The molecule has 1 N–H and O–H groups in total. The Morgan fingerprint density at radius 1 is 0.283 bits per heavy atom. The minimum absolute atomic E-state index is 0.219. The van der Waals surface area contributed by atoms with Gasteiger partial charge in [0.05, 0.1) is 5.41 Å². The zero-order valence-electron chi connectivity index (χ0n) is 28.6. The van der Waals surface area contributed by atoms with E-state index in [0.717, 1.165) is 43.4 Å². The Hall–Kier alpha value is -5.32. The quantitative estimate of drug-likeness (QED) is 0.184. The van der Waals surface area contributed by atoms with E-state index in [4.69, 9.17) is 0 Å². The van der Waals surface area contributed by atoms with Crippen molar-refractivity contribution in [1.29, 1.82) is 0 Å². The number of halogens is 2. The molecular formula is C50H32Br2O. The van der Waals surface area contributed by atoms with Crippen LogP contribution in [0.1, 0.15) is 38.9 Å². The topological polar surface area (TPSA) is 20.2 Å². The predicted molar refractivity (Wildman–Crippen MR) is 224 cm³/mol. The van der Waals surface area contributed by atoms with Crippen molar-refractivity contribution in [2.24, 2.45) is 0 Å². The molecule has 0 fully saturated rings. The summed E-state index contributed by atoms with van der Waals surface area (Å²) in [5, 5.41) is 12.2. The maximum atomic E-state index is 12.2. The lowest BCUT2D eigenvalue weighted by Gasteiger charge is -2.30. The van der Waals surface area contributed by atoms with Crippen LogP contribution in [0.5, 0.6) is 0 Å². The zero-order valence-corrected chi connectivity index (χ0v) is 31.8. The number of benzene rings is 8. The van der Waals surface area contributed by atoms with Gasteiger partial charge < -0.3 is 5.11 Å². The molecular weight excluding hydrogens is 776 g/mol. The van der Waals surface area contributed by atoms with Gasteiger partial charge in [-0.05, 0) is 73.3 Å². The number of rotatable bonds is 2. The number of hydrogen-bond donors (Lipinski definition) is 1. The Balaban J connectivity index is 0.000000132. The van der Waals surface area contributed by atoms with Crippen LogP contribution in [0.4, 0.5) is 0 Å². The van der Waals surface area contributed by atoms with E-state index in [1.54, 1.807) is 0 Å². The maximum Gasteiger partial charge on any atom is 0.142 e. The summed E-state index contributed by atoms with van der Waals surface area (Å²) >= 11 is 7.50. The first-order chi connectivity index (χ1) is 26.0. The van der Waals surface area contributed by atoms with Gasteiger partial charge >= 0.3 is 0 Å². The van der Waals surface area contributed by atoms with Crippen LogP contribution in [0.25, 0.3) is 44.5 Å². The van der Waals surface area contributed by atoms with Crippen LogP contribution in [-0.2, 0) is 11.0 Å². The van der Waals surface area contributed by atoms with Crippen molar-refractivity contribution in [1.82, 2.24) is 0 Å². The second-order valence-corrected chi connectivity index (χ2v) is 15.6. The molecule has 8 aromatic rings. The van der Waals surface area contributed by atoms with Gasteiger partial charge in [0.15, 0.2) is 0 Å². The highest BCUT2D eigenvalue weighted by Gasteiger charge is 2.51. The first-order valence-corrected chi connectivity index (χ1v) is 19.5. The molecule has 0 saturated heterocycles. The van der Waals surface area contributed by atoms with E-state index in [2.05, 4.69) is 147 Å². The SMILES string of the molecule is Brc1cccc2c1-c1ccccc1C21c2ccccc2-c2ccccc21.OC1(c2ccccc2-c2ccccc2Br)c2ccccc2-c2ccccc21. The average Bonchev–Trinajstić information content (AvgIpc) is 3.79. The number of aliphatic hydroxyl groups is 1. The van der Waals surface area contributed by atoms with Crippen molar-refractivity contribution in [2.45, 2.75) is 11.0 Å². The van der Waals surface area contributed by atoms with Crippen LogP contribution < -0.4 is 0 Å². The molecule has 0 saturated carbocycles. The van der Waals surface area contributed by atoms with Crippen molar-refractivity contribution in [2.75, 3.05) is 0 Å². The minimum atomic E-state index is -1.18. The maximum absolute atomic E-state index is 12.2. The molecule has 1 nitrogen and oxygen atoms in total. The third kappa shape index (κ3) is 4.51. The van der Waals surface area contributed by atoms with Crippen LogP contribution in [0, 0.1) is 0 Å². The Bertz CT molecular complexity index is 2650. The van der Waals surface area contributed by atoms with Crippen LogP contribution in [-0.4, -0.2) is 5.11 Å². The van der Waals surface area contributed by atoms with E-state index in [1.165, 1.54) is 49.0 Å². The van der Waals surface area contributed by atoms with Crippen molar-refractivity contribution < 1.29 is 5.11 Å². The molecule has 0 aromatic heterocycles. The summed E-state index contributed by atoms with van der Waals surface area (Å²) in [5.74, 6) is 0. The van der Waals surface area contributed by atoms with Gasteiger partial charge in [-0.25, -0.2) is 0 Å². The fraction of sp³-hybridized carbons (Fsp3) is 0.0400. The van der Waals surface area contributed by atoms with E-state index in [9.17, 15) is 5.11 Å². The lowest BCUT2D eigenvalue weighted by atomic mass is 9.70. The highest BCUT2D eigenvalue weighted by molar-refractivity contribution is 9.11. The van der Waals surface area contributed by atoms with E-state index >= 15 is 0 Å². The molecule has 0 radical (unpaired) electrons. The minimum Gasteiger partial charge on any atom is -0.376 e. The number of fused-ring (bicyclic) bond motifs is 13. The number of hydrogen-bond acceptors (Lipinski definition) is 1. The Morgan fingerprint density at radius 2 is 0.585 bits per heavy atom. The van der Waals surface area contributed by atoms with Gasteiger partial charge in [0.25, 0.3) is 0 Å². The molecule has 0 aliphatic heterocycles. The van der Waals surface area contributed by atoms with E-state index in [0.29, 0.717) is 0 Å². The van der Waals surface area contributed by atoms with Gasteiger partial charge in [-0.3, -0.25) is 0 Å².